The second-order valence-electron chi connectivity index (χ2n) is 6.52. The Morgan fingerprint density at radius 1 is 1.25 bits per heavy atom. The molecule has 0 amide bonds. The molecular weight excluding hydrogens is 382 g/mol. The monoisotopic (exact) mass is 402 g/mol. The van der Waals surface area contributed by atoms with Crippen molar-refractivity contribution >= 4 is 33.6 Å². The van der Waals surface area contributed by atoms with E-state index in [1.807, 2.05) is 6.92 Å². The molecule has 1 aliphatic carbocycles. The smallest absolute Gasteiger partial charge is 0.387 e. The van der Waals surface area contributed by atoms with E-state index in [4.69, 9.17) is 0 Å². The Hall–Kier alpha value is -2.61. The predicted octanol–water partition coefficient (Wildman–Crippen LogP) is 5.18. The summed E-state index contributed by atoms with van der Waals surface area (Å²) in [6, 6.07) is 6.54. The highest BCUT2D eigenvalue weighted by Gasteiger charge is 2.20. The number of aryl methyl sites for hydroxylation is 3. The van der Waals surface area contributed by atoms with Crippen LogP contribution in [0, 0.1) is 0 Å². The van der Waals surface area contributed by atoms with Gasteiger partial charge in [0.2, 0.25) is 0 Å². The van der Waals surface area contributed by atoms with Gasteiger partial charge in [-0.3, -0.25) is 5.43 Å². The van der Waals surface area contributed by atoms with E-state index >= 15 is 0 Å². The molecule has 1 N–H and O–H groups in total. The van der Waals surface area contributed by atoms with Gasteiger partial charge in [-0.25, -0.2) is 9.97 Å². The number of anilines is 1. The molecule has 146 valence electrons. The number of nitrogens with one attached hydrogen (secondary N) is 1. The molecule has 0 fully saturated rings. The van der Waals surface area contributed by atoms with Gasteiger partial charge in [-0.05, 0) is 43.4 Å². The topological polar surface area (TPSA) is 59.4 Å². The number of hydrazone groups is 1. The number of halogens is 2. The fraction of sp³-hybridized carbons (Fsp3) is 0.350. The predicted molar refractivity (Wildman–Crippen MR) is 108 cm³/mol. The van der Waals surface area contributed by atoms with Crippen molar-refractivity contribution in [1.82, 2.24) is 9.97 Å². The zero-order valence-corrected chi connectivity index (χ0v) is 16.2. The van der Waals surface area contributed by atoms with Crippen LogP contribution in [-0.2, 0) is 19.3 Å². The lowest BCUT2D eigenvalue weighted by atomic mass is 9.97. The minimum atomic E-state index is -2.88. The molecule has 0 aliphatic heterocycles. The van der Waals surface area contributed by atoms with Crippen LogP contribution in [0.25, 0.3) is 10.2 Å². The van der Waals surface area contributed by atoms with Gasteiger partial charge in [0.05, 0.1) is 11.6 Å². The van der Waals surface area contributed by atoms with E-state index in [2.05, 4.69) is 25.2 Å². The fourth-order valence-corrected chi connectivity index (χ4v) is 4.67. The Morgan fingerprint density at radius 3 is 2.89 bits per heavy atom. The second-order valence-corrected chi connectivity index (χ2v) is 7.60. The molecule has 28 heavy (non-hydrogen) atoms. The molecular formula is C20H20F2N4OS. The summed E-state index contributed by atoms with van der Waals surface area (Å²) >= 11 is 1.74. The third-order valence-corrected chi connectivity index (χ3v) is 5.87. The van der Waals surface area contributed by atoms with Crippen LogP contribution in [0.2, 0.25) is 0 Å². The van der Waals surface area contributed by atoms with Gasteiger partial charge < -0.3 is 4.74 Å². The highest BCUT2D eigenvalue weighted by Crippen LogP contribution is 2.38. The maximum absolute atomic E-state index is 12.6. The normalized spacial score (nSPS) is 14.0. The molecule has 4 rings (SSSR count). The number of hydrogen-bond acceptors (Lipinski definition) is 6. The van der Waals surface area contributed by atoms with Gasteiger partial charge in [-0.1, -0.05) is 19.1 Å². The minimum Gasteiger partial charge on any atom is -0.434 e. The van der Waals surface area contributed by atoms with Gasteiger partial charge in [-0.2, -0.15) is 13.9 Å². The first-order valence-corrected chi connectivity index (χ1v) is 10.1. The van der Waals surface area contributed by atoms with Crippen molar-refractivity contribution in [3.8, 4) is 5.75 Å². The largest absolute Gasteiger partial charge is 0.434 e. The fourth-order valence-electron chi connectivity index (χ4n) is 3.39. The van der Waals surface area contributed by atoms with E-state index in [1.165, 1.54) is 29.1 Å². The zero-order valence-electron chi connectivity index (χ0n) is 15.4. The molecule has 5 nitrogen and oxygen atoms in total. The van der Waals surface area contributed by atoms with Crippen molar-refractivity contribution in [1.29, 1.82) is 0 Å². The van der Waals surface area contributed by atoms with Crippen LogP contribution in [-0.4, -0.2) is 22.8 Å². The summed E-state index contributed by atoms with van der Waals surface area (Å²) in [5, 5.41) is 5.28. The molecule has 2 heterocycles. The van der Waals surface area contributed by atoms with Crippen molar-refractivity contribution in [2.45, 2.75) is 45.6 Å². The molecule has 0 radical (unpaired) electrons. The van der Waals surface area contributed by atoms with Crippen molar-refractivity contribution in [2.24, 2.45) is 5.10 Å². The number of thiophene rings is 1. The number of para-hydroxylation sites is 1. The Morgan fingerprint density at radius 2 is 2.07 bits per heavy atom. The number of nitrogens with zero attached hydrogens (tertiary/aromatic N) is 3. The number of rotatable bonds is 6. The highest BCUT2D eigenvalue weighted by atomic mass is 32.1. The van der Waals surface area contributed by atoms with E-state index in [9.17, 15) is 8.78 Å². The van der Waals surface area contributed by atoms with Crippen molar-refractivity contribution in [2.75, 3.05) is 5.43 Å². The first-order chi connectivity index (χ1) is 13.7. The summed E-state index contributed by atoms with van der Waals surface area (Å²) in [4.78, 5) is 11.7. The number of hydrogen-bond donors (Lipinski definition) is 1. The maximum Gasteiger partial charge on any atom is 0.387 e. The number of alkyl halides is 2. The van der Waals surface area contributed by atoms with E-state index in [0.29, 0.717) is 11.4 Å². The summed E-state index contributed by atoms with van der Waals surface area (Å²) in [6.07, 6.45) is 6.66. The third-order valence-electron chi connectivity index (χ3n) is 4.69. The van der Waals surface area contributed by atoms with Crippen LogP contribution < -0.4 is 10.2 Å². The number of benzene rings is 1. The van der Waals surface area contributed by atoms with Crippen LogP contribution >= 0.6 is 11.3 Å². The van der Waals surface area contributed by atoms with Gasteiger partial charge in [0, 0.05) is 16.9 Å². The van der Waals surface area contributed by atoms with E-state index in [0.717, 1.165) is 41.7 Å². The first-order valence-electron chi connectivity index (χ1n) is 9.29. The number of ether oxygens (including phenoxy) is 1. The molecule has 2 aromatic heterocycles. The summed E-state index contributed by atoms with van der Waals surface area (Å²) in [6.45, 7) is -0.868. The molecule has 8 heteroatoms. The molecule has 0 unspecified atom stereocenters. The molecule has 0 saturated heterocycles. The Labute approximate surface area is 165 Å². The lowest BCUT2D eigenvalue weighted by Gasteiger charge is -2.12. The highest BCUT2D eigenvalue weighted by molar-refractivity contribution is 7.19. The van der Waals surface area contributed by atoms with Crippen LogP contribution in [0.1, 0.15) is 41.6 Å². The molecule has 0 spiro atoms. The Kier molecular flexibility index (Phi) is 5.47. The lowest BCUT2D eigenvalue weighted by molar-refractivity contribution is -0.0499. The first kappa shape index (κ1) is 18.7. The van der Waals surface area contributed by atoms with Crippen LogP contribution in [0.15, 0.2) is 29.4 Å². The Balaban J connectivity index is 1.66. The standard InChI is InChI=1S/C20H20F2N4OS/c1-2-16-24-18(17-13-8-4-6-10-15(13)28-19(17)25-16)26-23-11-12-7-3-5-9-14(12)27-20(21)22/h3,5,7,9,11,20H,2,4,6,8,10H2,1H3,(H,24,25,26). The van der Waals surface area contributed by atoms with E-state index in [-0.39, 0.29) is 5.75 Å². The maximum atomic E-state index is 12.6. The molecule has 0 bridgehead atoms. The minimum absolute atomic E-state index is 0.0815. The number of aromatic nitrogens is 2. The van der Waals surface area contributed by atoms with Gasteiger partial charge in [0.15, 0.2) is 5.82 Å². The number of fused-ring (bicyclic) bond motifs is 3. The Bertz CT molecular complexity index is 1020. The average Bonchev–Trinajstić information content (AvgIpc) is 3.07. The van der Waals surface area contributed by atoms with E-state index < -0.39 is 6.61 Å². The lowest BCUT2D eigenvalue weighted by Crippen LogP contribution is -2.05. The van der Waals surface area contributed by atoms with Crippen LogP contribution in [0.5, 0.6) is 5.75 Å². The molecule has 1 aromatic carbocycles. The van der Waals surface area contributed by atoms with Gasteiger partial charge in [0.1, 0.15) is 16.4 Å². The molecule has 0 atom stereocenters. The molecule has 1 aliphatic rings. The SMILES string of the molecule is CCc1nc(NN=Cc2ccccc2OC(F)F)c2c3c(sc2n1)CCCC3. The van der Waals surface area contributed by atoms with Crippen LogP contribution in [0.3, 0.4) is 0 Å². The van der Waals surface area contributed by atoms with Gasteiger partial charge in [-0.15, -0.1) is 11.3 Å². The molecule has 0 saturated carbocycles. The molecule has 3 aromatic rings. The second kappa shape index (κ2) is 8.18. The van der Waals surface area contributed by atoms with Crippen molar-refractivity contribution < 1.29 is 13.5 Å². The van der Waals surface area contributed by atoms with Gasteiger partial charge in [0.25, 0.3) is 0 Å². The summed E-state index contributed by atoms with van der Waals surface area (Å²) in [5.74, 6) is 1.51. The summed E-state index contributed by atoms with van der Waals surface area (Å²) in [5.41, 5.74) is 4.78. The van der Waals surface area contributed by atoms with Crippen LogP contribution in [0.4, 0.5) is 14.6 Å². The third kappa shape index (κ3) is 3.82. The van der Waals surface area contributed by atoms with Crippen molar-refractivity contribution in [3.63, 3.8) is 0 Å². The van der Waals surface area contributed by atoms with E-state index in [1.54, 1.807) is 29.5 Å². The summed E-state index contributed by atoms with van der Waals surface area (Å²) in [7, 11) is 0. The zero-order chi connectivity index (χ0) is 19.5. The average molecular weight is 402 g/mol. The van der Waals surface area contributed by atoms with Gasteiger partial charge >= 0.3 is 6.61 Å². The summed E-state index contributed by atoms with van der Waals surface area (Å²) < 4.78 is 29.7. The van der Waals surface area contributed by atoms with Crippen molar-refractivity contribution in [3.05, 3.63) is 46.1 Å². The quantitative estimate of drug-likeness (QED) is 0.456.